The topological polar surface area (TPSA) is 318 Å². The van der Waals surface area contributed by atoms with Gasteiger partial charge in [-0.25, -0.2) is 0 Å². The Morgan fingerprint density at radius 1 is 0.273 bits per heavy atom. The van der Waals surface area contributed by atoms with Crippen molar-refractivity contribution in [2.75, 3.05) is 41.7 Å². The minimum Gasteiger partial charge on any atom is -0.535 e. The molecular weight excluding hydrogens is 1760 g/mol. The Hall–Kier alpha value is -13.8. The summed E-state index contributed by atoms with van der Waals surface area (Å²) in [5, 5.41) is 45.5. The predicted octanol–water partition coefficient (Wildman–Crippen LogP) is 22.3. The van der Waals surface area contributed by atoms with Crippen LogP contribution in [-0.2, 0) is 47.2 Å². The fraction of sp³-hybridized carbons (Fsp3) is 0.279. The number of phenolic OH excluding ortho intramolecular Hbond substituents is 4. The van der Waals surface area contributed by atoms with Crippen molar-refractivity contribution in [1.29, 1.82) is 0 Å². The predicted molar refractivity (Wildman–Crippen MR) is 510 cm³/mol. The first kappa shape index (κ1) is 107. The quantitative estimate of drug-likeness (QED) is 0.0103. The number of hydrogen-bond acceptors (Lipinski definition) is 26. The minimum atomic E-state index is -0.274. The van der Waals surface area contributed by atoms with Crippen LogP contribution in [0.15, 0.2) is 271 Å². The highest BCUT2D eigenvalue weighted by Gasteiger charge is 2.20. The van der Waals surface area contributed by atoms with E-state index in [-0.39, 0.29) is 80.0 Å². The lowest BCUT2D eigenvalue weighted by atomic mass is 10.2. The van der Waals surface area contributed by atoms with Gasteiger partial charge >= 0.3 is 7.69 Å². The molecule has 0 aliphatic carbocycles. The van der Waals surface area contributed by atoms with Crippen LogP contribution in [-0.4, -0.2) is 130 Å². The monoisotopic (exact) mass is 1870 g/mol. The zero-order valence-corrected chi connectivity index (χ0v) is 78.6. The SMILES string of the molecule is CC(C)Oc1ccc(C=O)cc1O.CC(C)Oc1ccc(C=O)cc1OCc1ccccc1.CC(C)Oc1ccc(O)cc1OCc1ccccc1.COCOc1cc(OCc2ccccc2)c(OC(C)C)cc1Br.COCOc1cc(OCc2ccccc2)c(OC(C)C)cc1O[B]O.COCOc1ccc(OC(C)C)c(OCc2ccccc2)c1.O=Cc1ccc(O)c(O)c1. The fourth-order valence-corrected chi connectivity index (χ4v) is 11.5. The number of aromatic hydroxyl groups is 4. The molecule has 0 spiro atoms. The van der Waals surface area contributed by atoms with Crippen molar-refractivity contribution in [3.63, 3.8) is 0 Å². The lowest BCUT2D eigenvalue weighted by Crippen LogP contribution is -2.10. The van der Waals surface area contributed by atoms with E-state index in [1.54, 1.807) is 74.9 Å². The Labute approximate surface area is 782 Å². The summed E-state index contributed by atoms with van der Waals surface area (Å²) in [5.74, 6) is 8.18. The number of methoxy groups -OCH3 is 3. The molecule has 0 amide bonds. The first-order chi connectivity index (χ1) is 63.6. The molecular formula is C104H119BBrO26. The number of phenols is 4. The molecule has 0 aliphatic heterocycles. The zero-order valence-electron chi connectivity index (χ0n) is 77.0. The third kappa shape index (κ3) is 41.3. The van der Waals surface area contributed by atoms with E-state index in [9.17, 15) is 24.6 Å². The van der Waals surface area contributed by atoms with Gasteiger partial charge in [0.05, 0.1) is 41.1 Å². The van der Waals surface area contributed by atoms with Crippen LogP contribution in [0, 0.1) is 0 Å². The molecule has 0 saturated heterocycles. The third-order valence-corrected chi connectivity index (χ3v) is 17.4. The maximum absolute atomic E-state index is 10.9. The molecule has 0 aromatic heterocycles. The zero-order chi connectivity index (χ0) is 96.0. The second-order valence-electron chi connectivity index (χ2n) is 30.0. The van der Waals surface area contributed by atoms with Gasteiger partial charge < -0.3 is 111 Å². The lowest BCUT2D eigenvalue weighted by Gasteiger charge is -2.19. The van der Waals surface area contributed by atoms with Crippen molar-refractivity contribution in [2.24, 2.45) is 0 Å². The number of ether oxygens (including phenoxy) is 17. The highest BCUT2D eigenvalue weighted by molar-refractivity contribution is 9.10. The van der Waals surface area contributed by atoms with E-state index in [1.165, 1.54) is 31.4 Å². The molecule has 12 rings (SSSR count). The molecule has 132 heavy (non-hydrogen) atoms. The van der Waals surface area contributed by atoms with Gasteiger partial charge in [0.2, 0.25) is 0 Å². The highest BCUT2D eigenvalue weighted by atomic mass is 79.9. The molecule has 12 aromatic carbocycles. The van der Waals surface area contributed by atoms with Crippen LogP contribution in [0.2, 0.25) is 0 Å². The first-order valence-corrected chi connectivity index (χ1v) is 43.1. The molecule has 0 bridgehead atoms. The molecule has 0 fully saturated rings. The number of hydrogen-bond donors (Lipinski definition) is 5. The summed E-state index contributed by atoms with van der Waals surface area (Å²) in [6, 6.07) is 80.5. The van der Waals surface area contributed by atoms with Crippen LogP contribution < -0.4 is 71.0 Å². The summed E-state index contributed by atoms with van der Waals surface area (Å²) >= 11 is 3.48. The van der Waals surface area contributed by atoms with Crippen LogP contribution in [0.25, 0.3) is 0 Å². The van der Waals surface area contributed by atoms with Crippen LogP contribution in [0.1, 0.15) is 142 Å². The van der Waals surface area contributed by atoms with Crippen molar-refractivity contribution < 1.29 is 125 Å². The minimum absolute atomic E-state index is 0.00157. The molecule has 701 valence electrons. The Morgan fingerprint density at radius 2 is 0.568 bits per heavy atom. The lowest BCUT2D eigenvalue weighted by molar-refractivity contribution is 0.0493. The van der Waals surface area contributed by atoms with Crippen molar-refractivity contribution in [3.05, 3.63) is 316 Å². The maximum atomic E-state index is 10.9. The van der Waals surface area contributed by atoms with Gasteiger partial charge in [-0.3, -0.25) is 14.4 Å². The van der Waals surface area contributed by atoms with Crippen LogP contribution in [0.3, 0.4) is 0 Å². The molecule has 28 heteroatoms. The maximum Gasteiger partial charge on any atom is 0.569 e. The summed E-state index contributed by atoms with van der Waals surface area (Å²) < 4.78 is 100. The van der Waals surface area contributed by atoms with Gasteiger partial charge in [-0.15, -0.1) is 0 Å². The Bertz CT molecular complexity index is 5280. The Kier molecular flexibility index (Phi) is 48.8. The van der Waals surface area contributed by atoms with E-state index in [2.05, 4.69) is 15.9 Å². The van der Waals surface area contributed by atoms with E-state index in [0.29, 0.717) is 156 Å². The van der Waals surface area contributed by atoms with Crippen molar-refractivity contribution in [1.82, 2.24) is 0 Å². The molecule has 1 radical (unpaired) electrons. The largest absolute Gasteiger partial charge is 0.569 e. The van der Waals surface area contributed by atoms with Gasteiger partial charge in [0.1, 0.15) is 74.9 Å². The highest BCUT2D eigenvalue weighted by Crippen LogP contribution is 2.43. The molecule has 0 aliphatic rings. The van der Waals surface area contributed by atoms with Crippen LogP contribution in [0.5, 0.6) is 109 Å². The van der Waals surface area contributed by atoms with E-state index in [1.807, 2.05) is 265 Å². The van der Waals surface area contributed by atoms with Gasteiger partial charge in [0.25, 0.3) is 0 Å². The van der Waals surface area contributed by atoms with Gasteiger partial charge in [-0.2, -0.15) is 0 Å². The summed E-state index contributed by atoms with van der Waals surface area (Å²) in [7, 11) is 5.26. The van der Waals surface area contributed by atoms with E-state index in [0.717, 1.165) is 38.6 Å². The number of benzene rings is 12. The van der Waals surface area contributed by atoms with Crippen molar-refractivity contribution >= 4 is 42.5 Å². The molecule has 26 nitrogen and oxygen atoms in total. The first-order valence-electron chi connectivity index (χ1n) is 42.3. The molecule has 0 saturated carbocycles. The number of carbonyl (C=O) groups is 3. The van der Waals surface area contributed by atoms with Gasteiger partial charge in [0, 0.05) is 74.4 Å². The van der Waals surface area contributed by atoms with E-state index < -0.39 is 0 Å². The molecule has 0 unspecified atom stereocenters. The van der Waals surface area contributed by atoms with Crippen LogP contribution in [0.4, 0.5) is 0 Å². The summed E-state index contributed by atoms with van der Waals surface area (Å²) in [4.78, 5) is 31.3. The van der Waals surface area contributed by atoms with Gasteiger partial charge in [-0.05, 0) is 206 Å². The second-order valence-corrected chi connectivity index (χ2v) is 30.9. The summed E-state index contributed by atoms with van der Waals surface area (Å²) in [6.07, 6.45) is 2.26. The smallest absolute Gasteiger partial charge is 0.535 e. The molecule has 0 atom stereocenters. The second kappa shape index (κ2) is 60.2. The van der Waals surface area contributed by atoms with E-state index >= 15 is 0 Å². The normalized spacial score (nSPS) is 10.4. The Morgan fingerprint density at radius 3 is 0.947 bits per heavy atom. The van der Waals surface area contributed by atoms with Crippen LogP contribution >= 0.6 is 15.9 Å². The summed E-state index contributed by atoms with van der Waals surface area (Å²) in [5.41, 5.74) is 6.71. The summed E-state index contributed by atoms with van der Waals surface area (Å²) in [6.45, 7) is 25.9. The van der Waals surface area contributed by atoms with Gasteiger partial charge in [-0.1, -0.05) is 152 Å². The molecule has 5 N–H and O–H groups in total. The molecule has 0 heterocycles. The van der Waals surface area contributed by atoms with Crippen molar-refractivity contribution in [2.45, 2.75) is 153 Å². The standard InChI is InChI=1S/C18H22BO6.C18H21BrO4.C18H22O4.C17H18O3.C16H18O3.C10H12O3.C7H6O3/c1-13(2)24-17-10-18(25-19-20)16(23-12-21-3)9-15(17)22-11-14-7-5-4-6-8-14;1-13(2)23-18-9-15(19)16(22-12-20-3)10-17(18)21-11-14-7-5-4-6-8-14;1-14(2)22-17-10-9-16(21-13-19-3)11-18(17)20-12-15-7-5-4-6-8-15;1-13(2)20-16-9-8-15(11-18)10-17(16)19-12-14-6-4-3-5-7-14;1-12(2)19-15-9-8-14(17)10-16(15)18-11-13-6-4-3-5-7-13;1-7(2)13-10-4-3-8(6-11)5-9(10)12;8-4-5-1-2-6(9)7(10)3-5/h4-10,13,20H,11-12H2,1-3H3;4-10,13H,11-12H2,1-3H3;4-11,14H,12-13H2,1-3H3;3-11,13H,12H2,1-2H3;3-10,12,17H,11H2,1-2H3;3-7,12H,1-2H3;1-4,9-10H. The number of halogens is 1. The fourth-order valence-electron chi connectivity index (χ4n) is 11.0. The number of aldehydes is 3. The van der Waals surface area contributed by atoms with Gasteiger partial charge in [0.15, 0.2) is 107 Å². The average molecular weight is 1880 g/mol. The molecule has 12 aromatic rings. The number of rotatable bonds is 41. The third-order valence-electron chi connectivity index (χ3n) is 16.8. The van der Waals surface area contributed by atoms with Crippen molar-refractivity contribution in [3.8, 4) is 109 Å². The van der Waals surface area contributed by atoms with E-state index in [4.69, 9.17) is 100 Å². The Balaban J connectivity index is 0.000000240. The number of carbonyl (C=O) groups excluding carboxylic acids is 3. The average Bonchev–Trinajstić information content (AvgIpc) is 0.818.